The number of nitrogens with two attached hydrogens (primary N) is 1. The smallest absolute Gasteiger partial charge is 0.220 e. The average Bonchev–Trinajstić information content (AvgIpc) is 2.30. The number of hydrogen-bond donors (Lipinski definition) is 2. The Hall–Kier alpha value is -0.870. The molecule has 0 aliphatic heterocycles. The molecule has 0 aliphatic rings. The summed E-state index contributed by atoms with van der Waals surface area (Å²) in [6.07, 6.45) is 4.05. The highest BCUT2D eigenvalue weighted by molar-refractivity contribution is 5.75. The molecule has 1 unspecified atom stereocenters. The van der Waals surface area contributed by atoms with Crippen LogP contribution in [0.1, 0.15) is 26.2 Å². The lowest BCUT2D eigenvalue weighted by Crippen LogP contribution is -2.28. The van der Waals surface area contributed by atoms with Crippen molar-refractivity contribution in [2.45, 2.75) is 26.2 Å². The fraction of sp³-hybridized carbons (Fsp3) is 0.750. The van der Waals surface area contributed by atoms with Gasteiger partial charge in [-0.05, 0) is 25.3 Å². The molecule has 16 heavy (non-hydrogen) atoms. The fourth-order valence-electron chi connectivity index (χ4n) is 1.12. The van der Waals surface area contributed by atoms with E-state index in [1.807, 2.05) is 13.0 Å². The molecule has 0 aliphatic carbocycles. The van der Waals surface area contributed by atoms with Crippen LogP contribution < -0.4 is 11.1 Å². The Kier molecular flexibility index (Phi) is 10.1. The Morgan fingerprint density at radius 3 is 2.94 bits per heavy atom. The van der Waals surface area contributed by atoms with E-state index < -0.39 is 0 Å². The number of rotatable bonds is 10. The maximum absolute atomic E-state index is 11.3. The molecular weight excluding hydrogens is 204 g/mol. The molecule has 0 aromatic rings. The van der Waals surface area contributed by atoms with Gasteiger partial charge in [-0.1, -0.05) is 13.0 Å². The highest BCUT2D eigenvalue weighted by Crippen LogP contribution is 2.02. The van der Waals surface area contributed by atoms with E-state index in [9.17, 15) is 4.79 Å². The minimum atomic E-state index is 0.0765. The second-order valence-electron chi connectivity index (χ2n) is 3.92. The van der Waals surface area contributed by atoms with Gasteiger partial charge >= 0.3 is 0 Å². The van der Waals surface area contributed by atoms with Crippen molar-refractivity contribution in [3.63, 3.8) is 0 Å². The summed E-state index contributed by atoms with van der Waals surface area (Å²) in [6.45, 7) is 8.09. The van der Waals surface area contributed by atoms with E-state index >= 15 is 0 Å². The first-order valence-corrected chi connectivity index (χ1v) is 5.86. The first kappa shape index (κ1) is 15.1. The van der Waals surface area contributed by atoms with Gasteiger partial charge in [-0.3, -0.25) is 4.79 Å². The van der Waals surface area contributed by atoms with Crippen molar-refractivity contribution in [1.82, 2.24) is 5.32 Å². The predicted octanol–water partition coefficient (Wildman–Crippen LogP) is 1.07. The van der Waals surface area contributed by atoms with Crippen LogP contribution in [-0.2, 0) is 9.53 Å². The number of carbonyl (C=O) groups is 1. The lowest BCUT2D eigenvalue weighted by Gasteiger charge is -2.08. The predicted molar refractivity (Wildman–Crippen MR) is 66.1 cm³/mol. The summed E-state index contributed by atoms with van der Waals surface area (Å²) in [5, 5.41) is 2.81. The second-order valence-corrected chi connectivity index (χ2v) is 3.92. The minimum absolute atomic E-state index is 0.0765. The highest BCUT2D eigenvalue weighted by Gasteiger charge is 2.04. The van der Waals surface area contributed by atoms with E-state index in [1.165, 1.54) is 0 Å². The number of nitrogens with one attached hydrogen (secondary N) is 1. The van der Waals surface area contributed by atoms with Crippen LogP contribution in [-0.4, -0.2) is 32.2 Å². The van der Waals surface area contributed by atoms with Crippen LogP contribution in [0.5, 0.6) is 0 Å². The van der Waals surface area contributed by atoms with Crippen molar-refractivity contribution in [2.75, 3.05) is 26.3 Å². The Morgan fingerprint density at radius 2 is 2.31 bits per heavy atom. The fourth-order valence-corrected chi connectivity index (χ4v) is 1.12. The summed E-state index contributed by atoms with van der Waals surface area (Å²) in [5.74, 6) is 0.488. The number of ether oxygens (including phenoxy) is 1. The maximum atomic E-state index is 11.3. The summed E-state index contributed by atoms with van der Waals surface area (Å²) in [7, 11) is 0. The summed E-state index contributed by atoms with van der Waals surface area (Å²) < 4.78 is 5.27. The molecular formula is C12H24N2O2. The molecule has 94 valence electrons. The van der Waals surface area contributed by atoms with E-state index in [0.717, 1.165) is 12.8 Å². The number of hydrogen-bond acceptors (Lipinski definition) is 3. The molecule has 1 amide bonds. The summed E-state index contributed by atoms with van der Waals surface area (Å²) >= 11 is 0. The van der Waals surface area contributed by atoms with Crippen molar-refractivity contribution < 1.29 is 9.53 Å². The van der Waals surface area contributed by atoms with Gasteiger partial charge in [0.25, 0.3) is 0 Å². The summed E-state index contributed by atoms with van der Waals surface area (Å²) in [5.41, 5.74) is 5.47. The monoisotopic (exact) mass is 228 g/mol. The maximum Gasteiger partial charge on any atom is 0.220 e. The largest absolute Gasteiger partial charge is 0.379 e. The van der Waals surface area contributed by atoms with E-state index in [2.05, 4.69) is 11.9 Å². The molecule has 0 saturated carbocycles. The third-order valence-electron chi connectivity index (χ3n) is 2.30. The summed E-state index contributed by atoms with van der Waals surface area (Å²) in [6, 6.07) is 0. The summed E-state index contributed by atoms with van der Waals surface area (Å²) in [4.78, 5) is 11.3. The van der Waals surface area contributed by atoms with Crippen molar-refractivity contribution in [1.29, 1.82) is 0 Å². The van der Waals surface area contributed by atoms with Crippen LogP contribution in [0.25, 0.3) is 0 Å². The van der Waals surface area contributed by atoms with Gasteiger partial charge < -0.3 is 15.8 Å². The van der Waals surface area contributed by atoms with E-state index in [0.29, 0.717) is 38.6 Å². The van der Waals surface area contributed by atoms with Gasteiger partial charge in [0, 0.05) is 13.0 Å². The quantitative estimate of drug-likeness (QED) is 0.434. The van der Waals surface area contributed by atoms with Gasteiger partial charge in [0.1, 0.15) is 0 Å². The molecule has 0 rings (SSSR count). The molecule has 0 fully saturated rings. The van der Waals surface area contributed by atoms with E-state index in [1.54, 1.807) is 0 Å². The third-order valence-corrected chi connectivity index (χ3v) is 2.30. The Labute approximate surface area is 98.2 Å². The Balaban J connectivity index is 3.27. The number of carbonyl (C=O) groups excluding carboxylic acids is 1. The molecule has 0 aromatic heterocycles. The van der Waals surface area contributed by atoms with Crippen LogP contribution in [0.4, 0.5) is 0 Å². The minimum Gasteiger partial charge on any atom is -0.379 e. The average molecular weight is 228 g/mol. The first-order valence-electron chi connectivity index (χ1n) is 5.86. The number of amides is 1. The molecule has 0 spiro atoms. The standard InChI is InChI=1S/C12H24N2O2/c1-3-4-8-16-9-7-14-12(15)6-5-11(2)10-13/h3,11H,1,4-10,13H2,2H3,(H,14,15). The molecule has 0 bridgehead atoms. The zero-order chi connectivity index (χ0) is 12.2. The first-order chi connectivity index (χ1) is 7.70. The zero-order valence-corrected chi connectivity index (χ0v) is 10.2. The van der Waals surface area contributed by atoms with Gasteiger partial charge in [-0.2, -0.15) is 0 Å². The van der Waals surface area contributed by atoms with Gasteiger partial charge in [-0.25, -0.2) is 0 Å². The Morgan fingerprint density at radius 1 is 1.56 bits per heavy atom. The van der Waals surface area contributed by atoms with Gasteiger partial charge in [0.05, 0.1) is 13.2 Å². The zero-order valence-electron chi connectivity index (χ0n) is 10.2. The topological polar surface area (TPSA) is 64.3 Å². The molecule has 0 radical (unpaired) electrons. The van der Waals surface area contributed by atoms with Crippen molar-refractivity contribution in [2.24, 2.45) is 11.7 Å². The third kappa shape index (κ3) is 9.68. The van der Waals surface area contributed by atoms with Gasteiger partial charge in [0.2, 0.25) is 5.91 Å². The molecule has 3 N–H and O–H groups in total. The molecule has 4 heteroatoms. The van der Waals surface area contributed by atoms with Crippen molar-refractivity contribution >= 4 is 5.91 Å². The van der Waals surface area contributed by atoms with Crippen molar-refractivity contribution in [3.8, 4) is 0 Å². The second kappa shape index (κ2) is 10.6. The van der Waals surface area contributed by atoms with Crippen LogP contribution >= 0.6 is 0 Å². The molecule has 0 saturated heterocycles. The lowest BCUT2D eigenvalue weighted by molar-refractivity contribution is -0.121. The van der Waals surface area contributed by atoms with E-state index in [-0.39, 0.29) is 5.91 Å². The van der Waals surface area contributed by atoms with Gasteiger partial charge in [-0.15, -0.1) is 6.58 Å². The molecule has 0 aromatic carbocycles. The van der Waals surface area contributed by atoms with Crippen LogP contribution in [0.2, 0.25) is 0 Å². The Bertz CT molecular complexity index is 195. The lowest BCUT2D eigenvalue weighted by atomic mass is 10.1. The normalized spacial score (nSPS) is 12.1. The van der Waals surface area contributed by atoms with Crippen LogP contribution in [0, 0.1) is 5.92 Å². The molecule has 0 heterocycles. The SMILES string of the molecule is C=CCCOCCNC(=O)CCC(C)CN. The highest BCUT2D eigenvalue weighted by atomic mass is 16.5. The van der Waals surface area contributed by atoms with Crippen LogP contribution in [0.15, 0.2) is 12.7 Å². The van der Waals surface area contributed by atoms with Crippen LogP contribution in [0.3, 0.4) is 0 Å². The van der Waals surface area contributed by atoms with E-state index in [4.69, 9.17) is 10.5 Å². The van der Waals surface area contributed by atoms with Crippen molar-refractivity contribution in [3.05, 3.63) is 12.7 Å². The van der Waals surface area contributed by atoms with Gasteiger partial charge in [0.15, 0.2) is 0 Å². The molecule has 1 atom stereocenters. The molecule has 4 nitrogen and oxygen atoms in total.